The fourth-order valence-electron chi connectivity index (χ4n) is 2.30. The number of aromatic hydroxyl groups is 2. The van der Waals surface area contributed by atoms with E-state index in [4.69, 9.17) is 0 Å². The second-order valence-corrected chi connectivity index (χ2v) is 5.20. The summed E-state index contributed by atoms with van der Waals surface area (Å²) in [4.78, 5) is 24.9. The number of carbonyl (C=O) groups excluding carboxylic acids is 1. The third kappa shape index (κ3) is 2.72. The lowest BCUT2D eigenvalue weighted by Crippen LogP contribution is -2.36. The van der Waals surface area contributed by atoms with Gasteiger partial charge in [-0.15, -0.1) is 0 Å². The monoisotopic (exact) mass is 322 g/mol. The smallest absolute Gasteiger partial charge is 0.283 e. The molecule has 0 atom stereocenters. The summed E-state index contributed by atoms with van der Waals surface area (Å²) in [5.74, 6) is -0.768. The quantitative estimate of drug-likeness (QED) is 0.641. The van der Waals surface area contributed by atoms with Gasteiger partial charge >= 0.3 is 0 Å². The molecule has 0 saturated heterocycles. The van der Waals surface area contributed by atoms with Crippen molar-refractivity contribution in [2.75, 3.05) is 0 Å². The molecule has 0 spiro atoms. The molecule has 6 nitrogen and oxygen atoms in total. The third-order valence-corrected chi connectivity index (χ3v) is 3.55. The van der Waals surface area contributed by atoms with Crippen LogP contribution in [0.25, 0.3) is 12.7 Å². The van der Waals surface area contributed by atoms with Crippen molar-refractivity contribution in [3.05, 3.63) is 80.6 Å². The Morgan fingerprint density at radius 1 is 1.08 bits per heavy atom. The SMILES string of the molecule is C=c1[nH]n(C(=O)c2ccccc2O)c(=O)c1=Cc1ccc(O)cc1. The van der Waals surface area contributed by atoms with Gasteiger partial charge in [-0.3, -0.25) is 14.7 Å². The van der Waals surface area contributed by atoms with Crippen molar-refractivity contribution in [2.24, 2.45) is 0 Å². The number of nitrogens with one attached hydrogen (secondary N) is 1. The number of aromatic nitrogens is 2. The van der Waals surface area contributed by atoms with Crippen LogP contribution in [-0.2, 0) is 0 Å². The third-order valence-electron chi connectivity index (χ3n) is 3.55. The summed E-state index contributed by atoms with van der Waals surface area (Å²) in [6.07, 6.45) is 1.56. The first-order chi connectivity index (χ1) is 11.5. The van der Waals surface area contributed by atoms with E-state index < -0.39 is 11.5 Å². The summed E-state index contributed by atoms with van der Waals surface area (Å²) in [5.41, 5.74) is 0.120. The molecule has 24 heavy (non-hydrogen) atoms. The average Bonchev–Trinajstić information content (AvgIpc) is 2.85. The number of hydrogen-bond acceptors (Lipinski definition) is 4. The Morgan fingerprint density at radius 2 is 1.75 bits per heavy atom. The molecule has 3 rings (SSSR count). The van der Waals surface area contributed by atoms with Crippen LogP contribution < -0.4 is 16.1 Å². The van der Waals surface area contributed by atoms with E-state index >= 15 is 0 Å². The molecular weight excluding hydrogens is 308 g/mol. The van der Waals surface area contributed by atoms with Gasteiger partial charge in [-0.2, -0.15) is 4.68 Å². The Kier molecular flexibility index (Phi) is 3.79. The number of para-hydroxylation sites is 1. The van der Waals surface area contributed by atoms with Gasteiger partial charge < -0.3 is 10.2 Å². The first kappa shape index (κ1) is 15.4. The van der Waals surface area contributed by atoms with Crippen molar-refractivity contribution in [3.8, 4) is 11.5 Å². The largest absolute Gasteiger partial charge is 0.508 e. The highest BCUT2D eigenvalue weighted by Gasteiger charge is 2.16. The lowest BCUT2D eigenvalue weighted by Gasteiger charge is -2.02. The predicted octanol–water partition coefficient (Wildman–Crippen LogP) is 0.515. The van der Waals surface area contributed by atoms with Gasteiger partial charge in [0.25, 0.3) is 11.5 Å². The van der Waals surface area contributed by atoms with Crippen LogP contribution in [0.3, 0.4) is 0 Å². The van der Waals surface area contributed by atoms with E-state index in [0.717, 1.165) is 4.68 Å². The zero-order valence-electron chi connectivity index (χ0n) is 12.6. The van der Waals surface area contributed by atoms with Crippen LogP contribution in [0.5, 0.6) is 11.5 Å². The highest BCUT2D eigenvalue weighted by atomic mass is 16.3. The van der Waals surface area contributed by atoms with Gasteiger partial charge in [-0.05, 0) is 35.9 Å². The topological polar surface area (TPSA) is 95.3 Å². The molecule has 3 aromatic rings. The van der Waals surface area contributed by atoms with Gasteiger partial charge in [-0.1, -0.05) is 30.8 Å². The van der Waals surface area contributed by atoms with Crippen LogP contribution in [0.15, 0.2) is 53.3 Å². The van der Waals surface area contributed by atoms with Gasteiger partial charge in [0.1, 0.15) is 11.5 Å². The van der Waals surface area contributed by atoms with E-state index in [1.165, 1.54) is 24.3 Å². The molecule has 0 unspecified atom stereocenters. The first-order valence-electron chi connectivity index (χ1n) is 7.11. The zero-order chi connectivity index (χ0) is 17.3. The lowest BCUT2D eigenvalue weighted by atomic mass is 10.2. The number of nitrogens with zero attached hydrogens (tertiary/aromatic N) is 1. The van der Waals surface area contributed by atoms with Crippen LogP contribution in [-0.4, -0.2) is 25.9 Å². The number of benzene rings is 2. The molecule has 0 aliphatic heterocycles. The Morgan fingerprint density at radius 3 is 2.42 bits per heavy atom. The normalized spacial score (nSPS) is 11.6. The van der Waals surface area contributed by atoms with Crippen molar-refractivity contribution < 1.29 is 15.0 Å². The number of hydrogen-bond donors (Lipinski definition) is 3. The summed E-state index contributed by atoms with van der Waals surface area (Å²) >= 11 is 0. The maximum atomic E-state index is 12.5. The van der Waals surface area contributed by atoms with E-state index in [9.17, 15) is 19.8 Å². The number of rotatable bonds is 2. The fraction of sp³-hybridized carbons (Fsp3) is 0. The minimum Gasteiger partial charge on any atom is -0.508 e. The van der Waals surface area contributed by atoms with Crippen LogP contribution in [0.1, 0.15) is 15.9 Å². The summed E-state index contributed by atoms with van der Waals surface area (Å²) < 4.78 is 0.809. The van der Waals surface area contributed by atoms with Crippen molar-refractivity contribution in [1.29, 1.82) is 0 Å². The van der Waals surface area contributed by atoms with Crippen LogP contribution in [0, 0.1) is 0 Å². The van der Waals surface area contributed by atoms with E-state index in [0.29, 0.717) is 5.56 Å². The molecule has 1 heterocycles. The molecule has 120 valence electrons. The van der Waals surface area contributed by atoms with Crippen LogP contribution in [0.2, 0.25) is 0 Å². The van der Waals surface area contributed by atoms with Crippen molar-refractivity contribution in [2.45, 2.75) is 0 Å². The number of aromatic amines is 1. The molecule has 2 aromatic carbocycles. The molecule has 0 amide bonds. The number of carbonyl (C=O) groups is 1. The molecular formula is C18H14N2O4. The molecule has 1 aromatic heterocycles. The molecule has 6 heteroatoms. The number of H-pyrrole nitrogens is 1. The summed E-state index contributed by atoms with van der Waals surface area (Å²) in [6.45, 7) is 3.74. The summed E-state index contributed by atoms with van der Waals surface area (Å²) in [7, 11) is 0. The highest BCUT2D eigenvalue weighted by Crippen LogP contribution is 2.15. The predicted molar refractivity (Wildman–Crippen MR) is 89.3 cm³/mol. The van der Waals surface area contributed by atoms with Gasteiger partial charge in [0, 0.05) is 0 Å². The molecule has 0 radical (unpaired) electrons. The van der Waals surface area contributed by atoms with E-state index in [1.54, 1.807) is 30.3 Å². The van der Waals surface area contributed by atoms with Crippen LogP contribution >= 0.6 is 0 Å². The van der Waals surface area contributed by atoms with Gasteiger partial charge in [0.2, 0.25) is 0 Å². The molecule has 0 saturated carbocycles. The van der Waals surface area contributed by atoms with E-state index in [-0.39, 0.29) is 27.6 Å². The van der Waals surface area contributed by atoms with Gasteiger partial charge in [-0.25, -0.2) is 0 Å². The van der Waals surface area contributed by atoms with Crippen molar-refractivity contribution in [1.82, 2.24) is 9.78 Å². The molecule has 3 N–H and O–H groups in total. The second kappa shape index (κ2) is 5.92. The van der Waals surface area contributed by atoms with Gasteiger partial charge in [0.05, 0.1) is 16.1 Å². The Labute approximate surface area is 136 Å². The lowest BCUT2D eigenvalue weighted by molar-refractivity contribution is 0.0938. The second-order valence-electron chi connectivity index (χ2n) is 5.20. The first-order valence-corrected chi connectivity index (χ1v) is 7.11. The maximum absolute atomic E-state index is 12.5. The maximum Gasteiger partial charge on any atom is 0.283 e. The minimum absolute atomic E-state index is 0.0111. The van der Waals surface area contributed by atoms with E-state index in [1.807, 2.05) is 0 Å². The summed E-state index contributed by atoms with van der Waals surface area (Å²) in [6, 6.07) is 12.2. The number of phenolic OH excluding ortho intramolecular Hbond substituents is 2. The zero-order valence-corrected chi connectivity index (χ0v) is 12.6. The molecule has 0 aliphatic rings. The Bertz CT molecular complexity index is 1080. The molecule has 0 aliphatic carbocycles. The Hall–Kier alpha value is -3.54. The Balaban J connectivity index is 2.12. The highest BCUT2D eigenvalue weighted by molar-refractivity contribution is 5.97. The fourth-order valence-corrected chi connectivity index (χ4v) is 2.30. The molecule has 0 fully saturated rings. The average molecular weight is 322 g/mol. The number of phenols is 2. The summed E-state index contributed by atoms with van der Waals surface area (Å²) in [5, 5.41) is 22.2. The van der Waals surface area contributed by atoms with Crippen molar-refractivity contribution in [3.63, 3.8) is 0 Å². The molecule has 0 bridgehead atoms. The van der Waals surface area contributed by atoms with Crippen molar-refractivity contribution >= 4 is 18.6 Å². The van der Waals surface area contributed by atoms with Gasteiger partial charge in [0.15, 0.2) is 0 Å². The van der Waals surface area contributed by atoms with Crippen LogP contribution in [0.4, 0.5) is 0 Å². The minimum atomic E-state index is -0.673. The van der Waals surface area contributed by atoms with E-state index in [2.05, 4.69) is 11.7 Å². The standard InChI is InChI=1S/C18H14N2O4/c1-11-15(10-12-6-8-13(21)9-7-12)18(24)20(19-11)17(23)14-4-2-3-5-16(14)22/h2-10,19,21-22H,1H2.